The topological polar surface area (TPSA) is 54.3 Å². The van der Waals surface area contributed by atoms with E-state index in [2.05, 4.69) is 30.5 Å². The Labute approximate surface area is 156 Å². The number of rotatable bonds is 5. The van der Waals surface area contributed by atoms with Crippen molar-refractivity contribution in [1.29, 1.82) is 0 Å². The number of furan rings is 1. The zero-order chi connectivity index (χ0) is 17.1. The lowest BCUT2D eigenvalue weighted by Crippen LogP contribution is -2.34. The van der Waals surface area contributed by atoms with Crippen molar-refractivity contribution in [3.05, 3.63) is 35.6 Å². The van der Waals surface area contributed by atoms with Crippen LogP contribution in [0.25, 0.3) is 11.0 Å². The molecule has 0 spiro atoms. The summed E-state index contributed by atoms with van der Waals surface area (Å²) in [5.41, 5.74) is 2.00. The van der Waals surface area contributed by atoms with Crippen LogP contribution in [0.2, 0.25) is 0 Å². The van der Waals surface area contributed by atoms with Gasteiger partial charge in [-0.1, -0.05) is 25.1 Å². The molecular formula is C20H29ClN2O2. The number of halogens is 1. The Hall–Kier alpha value is -1.52. The quantitative estimate of drug-likeness (QED) is 0.828. The summed E-state index contributed by atoms with van der Waals surface area (Å²) in [4.78, 5) is 12.4. The number of fused-ring (bicyclic) bond motifs is 1. The fourth-order valence-corrected chi connectivity index (χ4v) is 3.84. The maximum atomic E-state index is 12.4. The molecule has 2 atom stereocenters. The van der Waals surface area contributed by atoms with Crippen molar-refractivity contribution in [2.75, 3.05) is 13.1 Å². The summed E-state index contributed by atoms with van der Waals surface area (Å²) in [5.74, 6) is 2.06. The van der Waals surface area contributed by atoms with Gasteiger partial charge in [-0.25, -0.2) is 0 Å². The summed E-state index contributed by atoms with van der Waals surface area (Å²) in [5, 5.41) is 7.62. The van der Waals surface area contributed by atoms with Gasteiger partial charge >= 0.3 is 0 Å². The number of para-hydroxylation sites is 1. The lowest BCUT2D eigenvalue weighted by atomic mass is 9.84. The molecule has 1 fully saturated rings. The molecule has 2 N–H and O–H groups in total. The predicted octanol–water partition coefficient (Wildman–Crippen LogP) is 4.37. The molecule has 0 aliphatic carbocycles. The summed E-state index contributed by atoms with van der Waals surface area (Å²) >= 11 is 0. The van der Waals surface area contributed by atoms with E-state index in [1.807, 2.05) is 25.1 Å². The molecule has 1 amide bonds. The highest BCUT2D eigenvalue weighted by molar-refractivity contribution is 5.85. The molecule has 2 aromatic rings. The number of hydrogen-bond acceptors (Lipinski definition) is 3. The molecule has 1 aliphatic heterocycles. The Morgan fingerprint density at radius 3 is 2.64 bits per heavy atom. The van der Waals surface area contributed by atoms with Gasteiger partial charge in [-0.3, -0.25) is 4.79 Å². The third-order valence-electron chi connectivity index (χ3n) is 5.35. The van der Waals surface area contributed by atoms with Gasteiger partial charge in [0, 0.05) is 17.4 Å². The summed E-state index contributed by atoms with van der Waals surface area (Å²) in [6, 6.07) is 7.91. The SMILES string of the molecule is Cc1c(C(C)NC(=O)CC(C)C2CCNCC2)oc2ccccc12.Cl. The number of carbonyl (C=O) groups is 1. The number of benzene rings is 1. The van der Waals surface area contributed by atoms with E-state index >= 15 is 0 Å². The second-order valence-corrected chi connectivity index (χ2v) is 7.15. The van der Waals surface area contributed by atoms with Crippen molar-refractivity contribution in [2.24, 2.45) is 11.8 Å². The molecule has 2 unspecified atom stereocenters. The van der Waals surface area contributed by atoms with Gasteiger partial charge in [0.2, 0.25) is 5.91 Å². The van der Waals surface area contributed by atoms with Crippen LogP contribution in [0.15, 0.2) is 28.7 Å². The second kappa shape index (κ2) is 8.72. The van der Waals surface area contributed by atoms with E-state index in [4.69, 9.17) is 4.42 Å². The predicted molar refractivity (Wildman–Crippen MR) is 104 cm³/mol. The van der Waals surface area contributed by atoms with Crippen LogP contribution in [0, 0.1) is 18.8 Å². The molecule has 1 aromatic heterocycles. The molecule has 1 aromatic carbocycles. The van der Waals surface area contributed by atoms with Gasteiger partial charge in [-0.05, 0) is 57.7 Å². The Bertz CT molecular complexity index is 707. The molecule has 138 valence electrons. The molecule has 25 heavy (non-hydrogen) atoms. The van der Waals surface area contributed by atoms with Crippen molar-refractivity contribution < 1.29 is 9.21 Å². The minimum absolute atomic E-state index is 0. The standard InChI is InChI=1S/C20H28N2O2.ClH/c1-13(16-8-10-21-11-9-16)12-19(23)22-15(3)20-14(2)17-6-4-5-7-18(17)24-20;/h4-7,13,15-16,21H,8-12H2,1-3H3,(H,22,23);1H. The Morgan fingerprint density at radius 2 is 1.96 bits per heavy atom. The van der Waals surface area contributed by atoms with E-state index in [-0.39, 0.29) is 24.4 Å². The first-order chi connectivity index (χ1) is 11.6. The first-order valence-corrected chi connectivity index (χ1v) is 9.04. The molecule has 2 heterocycles. The lowest BCUT2D eigenvalue weighted by molar-refractivity contribution is -0.123. The fourth-order valence-electron chi connectivity index (χ4n) is 3.84. The lowest BCUT2D eigenvalue weighted by Gasteiger charge is -2.28. The first kappa shape index (κ1) is 19.8. The van der Waals surface area contributed by atoms with Crippen LogP contribution in [-0.2, 0) is 4.79 Å². The number of hydrogen-bond donors (Lipinski definition) is 2. The minimum Gasteiger partial charge on any atom is -0.459 e. The largest absolute Gasteiger partial charge is 0.459 e. The van der Waals surface area contributed by atoms with E-state index < -0.39 is 0 Å². The van der Waals surface area contributed by atoms with Crippen molar-refractivity contribution in [3.8, 4) is 0 Å². The van der Waals surface area contributed by atoms with E-state index in [1.54, 1.807) is 0 Å². The van der Waals surface area contributed by atoms with Crippen LogP contribution in [0.1, 0.15) is 50.5 Å². The van der Waals surface area contributed by atoms with Crippen molar-refractivity contribution in [2.45, 2.75) is 46.1 Å². The summed E-state index contributed by atoms with van der Waals surface area (Å²) < 4.78 is 5.96. The number of carbonyl (C=O) groups excluding carboxylic acids is 1. The number of amides is 1. The zero-order valence-corrected chi connectivity index (χ0v) is 16.1. The van der Waals surface area contributed by atoms with Crippen LogP contribution >= 0.6 is 12.4 Å². The molecular weight excluding hydrogens is 336 g/mol. The molecule has 1 aliphatic rings. The van der Waals surface area contributed by atoms with Crippen molar-refractivity contribution >= 4 is 29.3 Å². The minimum atomic E-state index is -0.106. The molecule has 0 bridgehead atoms. The van der Waals surface area contributed by atoms with Crippen LogP contribution in [0.4, 0.5) is 0 Å². The van der Waals surface area contributed by atoms with Gasteiger partial charge in [0.05, 0.1) is 6.04 Å². The molecule has 0 saturated carbocycles. The average Bonchev–Trinajstić information content (AvgIpc) is 2.93. The molecule has 5 heteroatoms. The number of piperidine rings is 1. The van der Waals surface area contributed by atoms with Crippen LogP contribution < -0.4 is 10.6 Å². The van der Waals surface area contributed by atoms with Gasteiger partial charge in [0.15, 0.2) is 0 Å². The Kier molecular flexibility index (Phi) is 6.91. The number of nitrogens with one attached hydrogen (secondary N) is 2. The monoisotopic (exact) mass is 364 g/mol. The van der Waals surface area contributed by atoms with Gasteiger partial charge < -0.3 is 15.1 Å². The van der Waals surface area contributed by atoms with Crippen LogP contribution in [0.5, 0.6) is 0 Å². The highest BCUT2D eigenvalue weighted by Gasteiger charge is 2.24. The van der Waals surface area contributed by atoms with E-state index in [0.717, 1.165) is 35.4 Å². The highest BCUT2D eigenvalue weighted by atomic mass is 35.5. The van der Waals surface area contributed by atoms with Gasteiger partial charge in [0.25, 0.3) is 0 Å². The van der Waals surface area contributed by atoms with E-state index in [1.165, 1.54) is 12.8 Å². The summed E-state index contributed by atoms with van der Waals surface area (Å²) in [6.45, 7) is 8.41. The Balaban J connectivity index is 0.00000225. The third-order valence-corrected chi connectivity index (χ3v) is 5.35. The smallest absolute Gasteiger partial charge is 0.220 e. The van der Waals surface area contributed by atoms with Gasteiger partial charge in [-0.2, -0.15) is 0 Å². The zero-order valence-electron chi connectivity index (χ0n) is 15.3. The van der Waals surface area contributed by atoms with E-state index in [9.17, 15) is 4.79 Å². The van der Waals surface area contributed by atoms with Crippen LogP contribution in [-0.4, -0.2) is 19.0 Å². The first-order valence-electron chi connectivity index (χ1n) is 9.04. The third kappa shape index (κ3) is 4.56. The van der Waals surface area contributed by atoms with Gasteiger partial charge in [-0.15, -0.1) is 12.4 Å². The van der Waals surface area contributed by atoms with Gasteiger partial charge in [0.1, 0.15) is 11.3 Å². The van der Waals surface area contributed by atoms with Crippen LogP contribution in [0.3, 0.4) is 0 Å². The second-order valence-electron chi connectivity index (χ2n) is 7.15. The maximum absolute atomic E-state index is 12.4. The van der Waals surface area contributed by atoms with E-state index in [0.29, 0.717) is 18.3 Å². The number of aryl methyl sites for hydroxylation is 1. The maximum Gasteiger partial charge on any atom is 0.220 e. The average molecular weight is 365 g/mol. The van der Waals surface area contributed by atoms with Crippen molar-refractivity contribution in [1.82, 2.24) is 10.6 Å². The van der Waals surface area contributed by atoms with Crippen molar-refractivity contribution in [3.63, 3.8) is 0 Å². The molecule has 0 radical (unpaired) electrons. The Morgan fingerprint density at radius 1 is 1.28 bits per heavy atom. The molecule has 1 saturated heterocycles. The molecule has 4 nitrogen and oxygen atoms in total. The summed E-state index contributed by atoms with van der Waals surface area (Å²) in [7, 11) is 0. The fraction of sp³-hybridized carbons (Fsp3) is 0.550. The molecule has 3 rings (SSSR count). The highest BCUT2D eigenvalue weighted by Crippen LogP contribution is 2.29. The normalized spacial score (nSPS) is 17.7. The summed E-state index contributed by atoms with van der Waals surface area (Å²) in [6.07, 6.45) is 2.94.